The fraction of sp³-hybridized carbons (Fsp3) is 0.692. The lowest BCUT2D eigenvalue weighted by atomic mass is 9.93. The van der Waals surface area contributed by atoms with Crippen molar-refractivity contribution in [2.24, 2.45) is 5.73 Å². The summed E-state index contributed by atoms with van der Waals surface area (Å²) in [5.41, 5.74) is 8.61. The Labute approximate surface area is 108 Å². The van der Waals surface area contributed by atoms with Gasteiger partial charge in [-0.2, -0.15) is 0 Å². The van der Waals surface area contributed by atoms with E-state index < -0.39 is 9.84 Å². The van der Waals surface area contributed by atoms with Crippen LogP contribution >= 0.6 is 0 Å². The largest absolute Gasteiger partial charge is 0.347 e. The van der Waals surface area contributed by atoms with Crippen LogP contribution in [0, 0.1) is 0 Å². The predicted molar refractivity (Wildman–Crippen MR) is 71.2 cm³/mol. The first kappa shape index (κ1) is 12.2. The molecule has 0 saturated carbocycles. The summed E-state index contributed by atoms with van der Waals surface area (Å²) in [7, 11) is -2.85. The number of nitrogens with zero attached hydrogens (tertiary/aromatic N) is 1. The molecule has 2 unspecified atom stereocenters. The Balaban J connectivity index is 1.93. The first-order valence-electron chi connectivity index (χ1n) is 6.72. The van der Waals surface area contributed by atoms with Crippen LogP contribution in [0.25, 0.3) is 0 Å². The van der Waals surface area contributed by atoms with Crippen molar-refractivity contribution in [3.05, 3.63) is 23.5 Å². The molecule has 3 rings (SSSR count). The predicted octanol–water partition coefficient (Wildman–Crippen LogP) is 1.57. The minimum Gasteiger partial charge on any atom is -0.347 e. The van der Waals surface area contributed by atoms with Crippen LogP contribution in [0.2, 0.25) is 0 Å². The van der Waals surface area contributed by atoms with Gasteiger partial charge in [0.2, 0.25) is 0 Å². The fourth-order valence-electron chi connectivity index (χ4n) is 3.31. The van der Waals surface area contributed by atoms with Crippen molar-refractivity contribution in [3.8, 4) is 0 Å². The van der Waals surface area contributed by atoms with Gasteiger partial charge < -0.3 is 10.3 Å². The second-order valence-corrected chi connectivity index (χ2v) is 7.76. The molecule has 18 heavy (non-hydrogen) atoms. The van der Waals surface area contributed by atoms with Crippen LogP contribution in [0.5, 0.6) is 0 Å². The Morgan fingerprint density at radius 1 is 1.28 bits per heavy atom. The zero-order valence-electron chi connectivity index (χ0n) is 10.5. The Morgan fingerprint density at radius 2 is 2.11 bits per heavy atom. The molecule has 100 valence electrons. The van der Waals surface area contributed by atoms with Crippen molar-refractivity contribution in [1.29, 1.82) is 0 Å². The van der Waals surface area contributed by atoms with Gasteiger partial charge in [-0.3, -0.25) is 0 Å². The summed E-state index contributed by atoms with van der Waals surface area (Å²) >= 11 is 0. The third-order valence-corrected chi connectivity index (χ3v) is 6.02. The number of sulfone groups is 1. The molecule has 1 aliphatic heterocycles. The van der Waals surface area contributed by atoms with E-state index in [0.29, 0.717) is 11.5 Å². The first-order chi connectivity index (χ1) is 8.57. The van der Waals surface area contributed by atoms with Gasteiger partial charge in [-0.15, -0.1) is 0 Å². The van der Waals surface area contributed by atoms with Gasteiger partial charge in [0, 0.05) is 24.0 Å². The lowest BCUT2D eigenvalue weighted by Crippen LogP contribution is -2.29. The standard InChI is InChI=1S/C13H20N2O2S/c14-12-4-1-5-13-11(12)6-7-15(13)10-3-2-8-18(16,17)9-10/h6-7,10,12H,1-5,8-9,14H2. The second-order valence-electron chi connectivity index (χ2n) is 5.53. The number of fused-ring (bicyclic) bond motifs is 1. The van der Waals surface area contributed by atoms with E-state index in [4.69, 9.17) is 5.73 Å². The molecule has 0 amide bonds. The monoisotopic (exact) mass is 268 g/mol. The molecule has 2 atom stereocenters. The lowest BCUT2D eigenvalue weighted by molar-refractivity contribution is 0.446. The summed E-state index contributed by atoms with van der Waals surface area (Å²) in [6, 6.07) is 2.34. The molecule has 0 radical (unpaired) electrons. The van der Waals surface area contributed by atoms with Gasteiger partial charge in [0.15, 0.2) is 9.84 Å². The van der Waals surface area contributed by atoms with Gasteiger partial charge in [-0.05, 0) is 43.7 Å². The SMILES string of the molecule is NC1CCCc2c1ccn2C1CCCS(=O)(=O)C1. The van der Waals surface area contributed by atoms with Gasteiger partial charge >= 0.3 is 0 Å². The molecule has 1 aromatic rings. The van der Waals surface area contributed by atoms with Gasteiger partial charge in [-0.1, -0.05) is 0 Å². The highest BCUT2D eigenvalue weighted by Gasteiger charge is 2.29. The van der Waals surface area contributed by atoms with E-state index >= 15 is 0 Å². The van der Waals surface area contributed by atoms with Crippen molar-refractivity contribution in [1.82, 2.24) is 4.57 Å². The topological polar surface area (TPSA) is 65.1 Å². The van der Waals surface area contributed by atoms with E-state index in [2.05, 4.69) is 10.6 Å². The fourth-order valence-corrected chi connectivity index (χ4v) is 5.00. The molecule has 5 heteroatoms. The maximum atomic E-state index is 11.8. The van der Waals surface area contributed by atoms with Gasteiger partial charge in [-0.25, -0.2) is 8.42 Å². The van der Waals surface area contributed by atoms with Crippen LogP contribution in [-0.4, -0.2) is 24.5 Å². The Morgan fingerprint density at radius 3 is 2.89 bits per heavy atom. The average molecular weight is 268 g/mol. The lowest BCUT2D eigenvalue weighted by Gasteiger charge is -2.28. The van der Waals surface area contributed by atoms with Crippen molar-refractivity contribution >= 4 is 9.84 Å². The smallest absolute Gasteiger partial charge is 0.152 e. The van der Waals surface area contributed by atoms with Crippen molar-refractivity contribution < 1.29 is 8.42 Å². The maximum Gasteiger partial charge on any atom is 0.152 e. The van der Waals surface area contributed by atoms with Crippen molar-refractivity contribution in [2.75, 3.05) is 11.5 Å². The van der Waals surface area contributed by atoms with E-state index in [1.807, 2.05) is 6.20 Å². The zero-order chi connectivity index (χ0) is 12.8. The summed E-state index contributed by atoms with van der Waals surface area (Å²) in [5.74, 6) is 0.649. The van der Waals surface area contributed by atoms with Crippen LogP contribution < -0.4 is 5.73 Å². The normalized spacial score (nSPS) is 30.9. The first-order valence-corrected chi connectivity index (χ1v) is 8.54. The maximum absolute atomic E-state index is 11.8. The molecule has 0 spiro atoms. The van der Waals surface area contributed by atoms with E-state index in [1.54, 1.807) is 0 Å². The Kier molecular flexibility index (Phi) is 2.98. The van der Waals surface area contributed by atoms with E-state index in [9.17, 15) is 8.42 Å². The second kappa shape index (κ2) is 4.38. The van der Waals surface area contributed by atoms with Crippen molar-refractivity contribution in [2.45, 2.75) is 44.2 Å². The number of hydrogen-bond acceptors (Lipinski definition) is 3. The van der Waals surface area contributed by atoms with Crippen LogP contribution in [0.1, 0.15) is 49.0 Å². The third-order valence-electron chi connectivity index (χ3n) is 4.22. The van der Waals surface area contributed by atoms with E-state index in [-0.39, 0.29) is 12.1 Å². The highest BCUT2D eigenvalue weighted by atomic mass is 32.2. The van der Waals surface area contributed by atoms with Crippen LogP contribution in [0.15, 0.2) is 12.3 Å². The van der Waals surface area contributed by atoms with E-state index in [1.165, 1.54) is 11.3 Å². The van der Waals surface area contributed by atoms with Crippen LogP contribution in [0.4, 0.5) is 0 Å². The van der Waals surface area contributed by atoms with Crippen LogP contribution in [0.3, 0.4) is 0 Å². The summed E-state index contributed by atoms with van der Waals surface area (Å²) < 4.78 is 25.7. The molecular weight excluding hydrogens is 248 g/mol. The summed E-state index contributed by atoms with van der Waals surface area (Å²) in [5, 5.41) is 0. The van der Waals surface area contributed by atoms with Crippen LogP contribution in [-0.2, 0) is 16.3 Å². The van der Waals surface area contributed by atoms with Gasteiger partial charge in [0.25, 0.3) is 0 Å². The average Bonchev–Trinajstić information content (AvgIpc) is 2.73. The van der Waals surface area contributed by atoms with Crippen molar-refractivity contribution in [3.63, 3.8) is 0 Å². The summed E-state index contributed by atoms with van der Waals surface area (Å²) in [6.07, 6.45) is 6.98. The summed E-state index contributed by atoms with van der Waals surface area (Å²) in [4.78, 5) is 0. The van der Waals surface area contributed by atoms with Gasteiger partial charge in [0.05, 0.1) is 11.5 Å². The minimum absolute atomic E-state index is 0.123. The Bertz CT molecular complexity index is 547. The molecular formula is C13H20N2O2S. The Hall–Kier alpha value is -0.810. The molecule has 1 fully saturated rings. The van der Waals surface area contributed by atoms with Gasteiger partial charge in [0.1, 0.15) is 0 Å². The zero-order valence-corrected chi connectivity index (χ0v) is 11.3. The minimum atomic E-state index is -2.85. The van der Waals surface area contributed by atoms with E-state index in [0.717, 1.165) is 32.1 Å². The quantitative estimate of drug-likeness (QED) is 0.841. The molecule has 2 aliphatic rings. The molecule has 4 nitrogen and oxygen atoms in total. The molecule has 1 saturated heterocycles. The molecule has 0 bridgehead atoms. The third kappa shape index (κ3) is 2.10. The molecule has 1 aromatic heterocycles. The molecule has 0 aromatic carbocycles. The summed E-state index contributed by atoms with van der Waals surface area (Å²) in [6.45, 7) is 0. The molecule has 2 N–H and O–H groups in total. The number of hydrogen-bond donors (Lipinski definition) is 1. The molecule has 2 heterocycles. The number of rotatable bonds is 1. The molecule has 1 aliphatic carbocycles. The number of nitrogens with two attached hydrogens (primary N) is 1. The highest BCUT2D eigenvalue weighted by Crippen LogP contribution is 2.33. The highest BCUT2D eigenvalue weighted by molar-refractivity contribution is 7.91. The number of aromatic nitrogens is 1.